The van der Waals surface area contributed by atoms with Crippen molar-refractivity contribution in [1.29, 1.82) is 0 Å². The van der Waals surface area contributed by atoms with Crippen molar-refractivity contribution in [2.45, 2.75) is 25.7 Å². The summed E-state index contributed by atoms with van der Waals surface area (Å²) < 4.78 is 0. The lowest BCUT2D eigenvalue weighted by Crippen LogP contribution is -2.40. The molecule has 1 aliphatic rings. The van der Waals surface area contributed by atoms with Crippen LogP contribution in [0.3, 0.4) is 0 Å². The van der Waals surface area contributed by atoms with Crippen LogP contribution in [0.15, 0.2) is 48.7 Å². The number of allylic oxidation sites excluding steroid dienone is 1. The molecule has 3 amide bonds. The van der Waals surface area contributed by atoms with Crippen molar-refractivity contribution in [3.63, 3.8) is 0 Å². The number of carbonyl (C=O) groups excluding carboxylic acids is 4. The molecule has 3 rings (SSSR count). The highest BCUT2D eigenvalue weighted by Crippen LogP contribution is 2.30. The maximum absolute atomic E-state index is 13.1. The van der Waals surface area contributed by atoms with Crippen LogP contribution < -0.4 is 5.32 Å². The van der Waals surface area contributed by atoms with E-state index in [2.05, 4.69) is 11.9 Å². The van der Waals surface area contributed by atoms with Gasteiger partial charge in [0, 0.05) is 19.5 Å². The number of benzene rings is 2. The molecule has 0 radical (unpaired) electrons. The van der Waals surface area contributed by atoms with Crippen molar-refractivity contribution in [2.75, 3.05) is 19.6 Å². The van der Waals surface area contributed by atoms with Gasteiger partial charge >= 0.3 is 5.97 Å². The van der Waals surface area contributed by atoms with Gasteiger partial charge in [0.2, 0.25) is 0 Å². The highest BCUT2D eigenvalue weighted by molar-refractivity contribution is 5.99. The SMILES string of the molecule is C=C1CCC(=O)N1OC(=O)CN(CCCCNC(=O)c1cccc(O)c1O)C(=O)c1cccc(O)c1O. The van der Waals surface area contributed by atoms with Crippen LogP contribution in [-0.2, 0) is 14.4 Å². The molecule has 0 aliphatic carbocycles. The van der Waals surface area contributed by atoms with Crippen LogP contribution in [0.4, 0.5) is 0 Å². The number of carbonyl (C=O) groups is 4. The lowest BCUT2D eigenvalue weighted by molar-refractivity contribution is -0.187. The Morgan fingerprint density at radius 2 is 1.57 bits per heavy atom. The van der Waals surface area contributed by atoms with Gasteiger partial charge in [0.15, 0.2) is 23.0 Å². The lowest BCUT2D eigenvalue weighted by atomic mass is 10.1. The van der Waals surface area contributed by atoms with Crippen LogP contribution in [0.25, 0.3) is 0 Å². The van der Waals surface area contributed by atoms with Gasteiger partial charge in [-0.05, 0) is 43.5 Å². The first-order valence-electron chi connectivity index (χ1n) is 11.4. The Labute approximate surface area is 211 Å². The maximum atomic E-state index is 13.1. The summed E-state index contributed by atoms with van der Waals surface area (Å²) in [6, 6.07) is 7.83. The number of hydrogen-bond donors (Lipinski definition) is 5. The molecule has 2 aromatic rings. The predicted octanol–water partition coefficient (Wildman–Crippen LogP) is 1.76. The van der Waals surface area contributed by atoms with E-state index in [-0.39, 0.29) is 30.6 Å². The summed E-state index contributed by atoms with van der Waals surface area (Å²) >= 11 is 0. The molecule has 1 aliphatic heterocycles. The molecule has 37 heavy (non-hydrogen) atoms. The molecule has 1 fully saturated rings. The topological polar surface area (TPSA) is 177 Å². The van der Waals surface area contributed by atoms with Crippen LogP contribution in [-0.4, -0.2) is 73.7 Å². The second-order valence-electron chi connectivity index (χ2n) is 8.25. The third-order valence-corrected chi connectivity index (χ3v) is 5.59. The molecule has 0 aromatic heterocycles. The number of nitrogens with one attached hydrogen (secondary N) is 1. The van der Waals surface area contributed by atoms with Gasteiger partial charge in [0.1, 0.15) is 6.54 Å². The van der Waals surface area contributed by atoms with Crippen molar-refractivity contribution >= 4 is 23.7 Å². The molecule has 5 N–H and O–H groups in total. The molecule has 12 heteroatoms. The zero-order chi connectivity index (χ0) is 27.1. The zero-order valence-electron chi connectivity index (χ0n) is 19.8. The summed E-state index contributed by atoms with van der Waals surface area (Å²) in [4.78, 5) is 55.9. The smallest absolute Gasteiger partial charge is 0.352 e. The van der Waals surface area contributed by atoms with Gasteiger partial charge in [-0.15, -0.1) is 5.06 Å². The van der Waals surface area contributed by atoms with Crippen LogP contribution in [0, 0.1) is 0 Å². The number of nitrogens with zero attached hydrogens (tertiary/aromatic N) is 2. The number of phenolic OH excluding ortho intramolecular Hbond substituents is 4. The van der Waals surface area contributed by atoms with Crippen molar-refractivity contribution in [2.24, 2.45) is 0 Å². The first kappa shape index (κ1) is 26.9. The van der Waals surface area contributed by atoms with Crippen molar-refractivity contribution in [3.05, 3.63) is 59.8 Å². The van der Waals surface area contributed by atoms with E-state index < -0.39 is 53.2 Å². The Kier molecular flexibility index (Phi) is 8.56. The van der Waals surface area contributed by atoms with Gasteiger partial charge in [-0.2, -0.15) is 0 Å². The van der Waals surface area contributed by atoms with Crippen molar-refractivity contribution < 1.29 is 44.4 Å². The minimum absolute atomic E-state index is 0.00513. The number of unbranched alkanes of at least 4 members (excludes halogenated alkanes) is 1. The summed E-state index contributed by atoms with van der Waals surface area (Å²) in [7, 11) is 0. The number of hydrogen-bond acceptors (Lipinski definition) is 9. The summed E-state index contributed by atoms with van der Waals surface area (Å²) in [5, 5.41) is 42.6. The van der Waals surface area contributed by atoms with E-state index in [1.54, 1.807) is 0 Å². The number of amides is 3. The molecule has 1 saturated heterocycles. The fourth-order valence-electron chi connectivity index (χ4n) is 3.60. The van der Waals surface area contributed by atoms with Crippen molar-refractivity contribution in [3.8, 4) is 23.0 Å². The van der Waals surface area contributed by atoms with E-state index in [4.69, 9.17) is 4.84 Å². The second-order valence-corrected chi connectivity index (χ2v) is 8.25. The quantitative estimate of drug-likeness (QED) is 0.234. The van der Waals surface area contributed by atoms with E-state index >= 15 is 0 Å². The first-order valence-corrected chi connectivity index (χ1v) is 11.4. The Bertz CT molecular complexity index is 1210. The third kappa shape index (κ3) is 6.48. The molecule has 0 unspecified atom stereocenters. The van der Waals surface area contributed by atoms with Gasteiger partial charge < -0.3 is 35.5 Å². The molecular formula is C25H27N3O9. The summed E-state index contributed by atoms with van der Waals surface area (Å²) in [5.74, 6) is -4.83. The fraction of sp³-hybridized carbons (Fsp3) is 0.280. The number of para-hydroxylation sites is 2. The Balaban J connectivity index is 1.62. The Morgan fingerprint density at radius 3 is 2.19 bits per heavy atom. The van der Waals surface area contributed by atoms with E-state index in [1.165, 1.54) is 36.4 Å². The molecule has 196 valence electrons. The van der Waals surface area contributed by atoms with Gasteiger partial charge in [-0.25, -0.2) is 4.79 Å². The maximum Gasteiger partial charge on any atom is 0.352 e. The number of rotatable bonds is 10. The number of hydroxylamine groups is 2. The Morgan fingerprint density at radius 1 is 0.946 bits per heavy atom. The number of aromatic hydroxyl groups is 4. The van der Waals surface area contributed by atoms with Gasteiger partial charge in [0.25, 0.3) is 17.7 Å². The summed E-state index contributed by atoms with van der Waals surface area (Å²) in [5.41, 5.74) is -0.0190. The van der Waals surface area contributed by atoms with Gasteiger partial charge in [0.05, 0.1) is 16.8 Å². The minimum Gasteiger partial charge on any atom is -0.504 e. The molecule has 0 bridgehead atoms. The fourth-order valence-corrected chi connectivity index (χ4v) is 3.60. The zero-order valence-corrected chi connectivity index (χ0v) is 19.8. The summed E-state index contributed by atoms with van der Waals surface area (Å²) in [6.45, 7) is 3.26. The van der Waals surface area contributed by atoms with E-state index in [9.17, 15) is 39.6 Å². The molecule has 0 atom stereocenters. The lowest BCUT2D eigenvalue weighted by Gasteiger charge is -2.24. The Hall–Kier alpha value is -4.74. The molecule has 2 aromatic carbocycles. The monoisotopic (exact) mass is 513 g/mol. The minimum atomic E-state index is -0.906. The highest BCUT2D eigenvalue weighted by atomic mass is 16.7. The third-order valence-electron chi connectivity index (χ3n) is 5.59. The average Bonchev–Trinajstić information content (AvgIpc) is 3.17. The van der Waals surface area contributed by atoms with Gasteiger partial charge in [-0.1, -0.05) is 18.7 Å². The van der Waals surface area contributed by atoms with Crippen molar-refractivity contribution in [1.82, 2.24) is 15.3 Å². The molecule has 0 spiro atoms. The largest absolute Gasteiger partial charge is 0.504 e. The number of phenols is 4. The molecular weight excluding hydrogens is 486 g/mol. The van der Waals surface area contributed by atoms with Gasteiger partial charge in [-0.3, -0.25) is 14.4 Å². The predicted molar refractivity (Wildman–Crippen MR) is 128 cm³/mol. The van der Waals surface area contributed by atoms with E-state index in [0.29, 0.717) is 25.0 Å². The van der Waals surface area contributed by atoms with Crippen LogP contribution >= 0.6 is 0 Å². The summed E-state index contributed by atoms with van der Waals surface area (Å²) in [6.07, 6.45) is 1.16. The van der Waals surface area contributed by atoms with E-state index in [0.717, 1.165) is 9.96 Å². The first-order chi connectivity index (χ1) is 17.6. The van der Waals surface area contributed by atoms with E-state index in [1.807, 2.05) is 0 Å². The normalized spacial score (nSPS) is 12.9. The highest BCUT2D eigenvalue weighted by Gasteiger charge is 2.30. The molecule has 12 nitrogen and oxygen atoms in total. The molecule has 0 saturated carbocycles. The van der Waals surface area contributed by atoms with Crippen LogP contribution in [0.1, 0.15) is 46.4 Å². The molecule has 1 heterocycles. The second kappa shape index (κ2) is 11.8. The average molecular weight is 514 g/mol. The standard InChI is InChI=1S/C25H27N3O9/c1-15-10-11-20(31)28(15)37-21(32)14-27(25(36)17-7-5-9-19(30)23(17)34)13-3-2-12-26-24(35)16-6-4-8-18(29)22(16)33/h4-9,29-30,33-34H,1-3,10-14H2,(H,26,35). The van der Waals surface area contributed by atoms with Crippen LogP contribution in [0.2, 0.25) is 0 Å². The van der Waals surface area contributed by atoms with Crippen LogP contribution in [0.5, 0.6) is 23.0 Å².